The first kappa shape index (κ1) is 18.0. The molecule has 0 aromatic heterocycles. The molecule has 0 aliphatic carbocycles. The van der Waals surface area contributed by atoms with Crippen LogP contribution in [0.2, 0.25) is 0 Å². The number of unbranched alkanes of at least 4 members (excludes halogenated alkanes) is 7. The molecule has 1 rings (SSSR count). The first-order valence-corrected chi connectivity index (χ1v) is 8.57. The molecule has 0 aromatic carbocycles. The van der Waals surface area contributed by atoms with Gasteiger partial charge in [-0.2, -0.15) is 0 Å². The number of rotatable bonds is 9. The van der Waals surface area contributed by atoms with Gasteiger partial charge in [0, 0.05) is 19.5 Å². The quantitative estimate of drug-likeness (QED) is 0.664. The Labute approximate surface area is 129 Å². The first-order valence-electron chi connectivity index (χ1n) is 8.57. The van der Waals surface area contributed by atoms with Crippen LogP contribution in [0.25, 0.3) is 0 Å². The smallest absolute Gasteiger partial charge is 0.247 e. The van der Waals surface area contributed by atoms with Crippen molar-refractivity contribution in [1.82, 2.24) is 10.2 Å². The Bertz CT molecular complexity index is 340. The summed E-state index contributed by atoms with van der Waals surface area (Å²) in [6.07, 6.45) is 10.5. The monoisotopic (exact) mass is 296 g/mol. The van der Waals surface area contributed by atoms with E-state index < -0.39 is 5.54 Å². The van der Waals surface area contributed by atoms with E-state index in [1.165, 1.54) is 44.9 Å². The van der Waals surface area contributed by atoms with Gasteiger partial charge in [0.25, 0.3) is 0 Å². The molecule has 1 N–H and O–H groups in total. The van der Waals surface area contributed by atoms with Crippen molar-refractivity contribution in [1.29, 1.82) is 0 Å². The summed E-state index contributed by atoms with van der Waals surface area (Å²) >= 11 is 0. The SMILES string of the molecule is CCCCCCCCCCN1CCC(=O)NC(C)(C)C1=O. The highest BCUT2D eigenvalue weighted by molar-refractivity contribution is 5.92. The van der Waals surface area contributed by atoms with Crippen molar-refractivity contribution >= 4 is 11.8 Å². The molecule has 0 aromatic rings. The summed E-state index contributed by atoms with van der Waals surface area (Å²) in [6, 6.07) is 0. The highest BCUT2D eigenvalue weighted by atomic mass is 16.2. The van der Waals surface area contributed by atoms with E-state index in [2.05, 4.69) is 12.2 Å². The van der Waals surface area contributed by atoms with E-state index in [0.29, 0.717) is 13.0 Å². The molecule has 21 heavy (non-hydrogen) atoms. The van der Waals surface area contributed by atoms with E-state index >= 15 is 0 Å². The van der Waals surface area contributed by atoms with Gasteiger partial charge in [-0.25, -0.2) is 0 Å². The van der Waals surface area contributed by atoms with Gasteiger partial charge in [0.15, 0.2) is 0 Å². The lowest BCUT2D eigenvalue weighted by Gasteiger charge is -2.28. The van der Waals surface area contributed by atoms with Crippen molar-refractivity contribution < 1.29 is 9.59 Å². The van der Waals surface area contributed by atoms with Gasteiger partial charge in [-0.3, -0.25) is 9.59 Å². The van der Waals surface area contributed by atoms with Crippen LogP contribution in [0.4, 0.5) is 0 Å². The molecule has 0 saturated carbocycles. The maximum atomic E-state index is 12.4. The van der Waals surface area contributed by atoms with Crippen LogP contribution < -0.4 is 5.32 Å². The summed E-state index contributed by atoms with van der Waals surface area (Å²) in [7, 11) is 0. The van der Waals surface area contributed by atoms with Gasteiger partial charge < -0.3 is 10.2 Å². The molecule has 1 aliphatic rings. The van der Waals surface area contributed by atoms with E-state index in [0.717, 1.165) is 13.0 Å². The predicted octanol–water partition coefficient (Wildman–Crippen LogP) is 3.25. The summed E-state index contributed by atoms with van der Waals surface area (Å²) in [6.45, 7) is 7.16. The molecule has 1 saturated heterocycles. The zero-order valence-electron chi connectivity index (χ0n) is 14.0. The number of hydrogen-bond donors (Lipinski definition) is 1. The molecule has 4 nitrogen and oxygen atoms in total. The minimum absolute atomic E-state index is 0.0215. The van der Waals surface area contributed by atoms with Crippen LogP contribution in [-0.4, -0.2) is 35.3 Å². The molecule has 1 heterocycles. The van der Waals surface area contributed by atoms with Crippen LogP contribution >= 0.6 is 0 Å². The van der Waals surface area contributed by atoms with Crippen LogP contribution in [-0.2, 0) is 9.59 Å². The molecule has 122 valence electrons. The number of amides is 2. The Morgan fingerprint density at radius 3 is 2.19 bits per heavy atom. The minimum Gasteiger partial charge on any atom is -0.342 e. The largest absolute Gasteiger partial charge is 0.342 e. The zero-order chi connectivity index (χ0) is 15.7. The van der Waals surface area contributed by atoms with Crippen molar-refractivity contribution in [3.8, 4) is 0 Å². The number of hydrogen-bond acceptors (Lipinski definition) is 2. The molecule has 0 unspecified atom stereocenters. The summed E-state index contributed by atoms with van der Waals surface area (Å²) in [5.41, 5.74) is -0.756. The van der Waals surface area contributed by atoms with Gasteiger partial charge in [-0.15, -0.1) is 0 Å². The van der Waals surface area contributed by atoms with Gasteiger partial charge in [-0.05, 0) is 20.3 Å². The van der Waals surface area contributed by atoms with E-state index in [1.807, 2.05) is 4.90 Å². The molecular formula is C17H32N2O2. The molecule has 2 amide bonds. The third-order valence-electron chi connectivity index (χ3n) is 4.16. The van der Waals surface area contributed by atoms with Gasteiger partial charge in [-0.1, -0.05) is 51.9 Å². The lowest BCUT2D eigenvalue weighted by Crippen LogP contribution is -2.52. The van der Waals surface area contributed by atoms with Gasteiger partial charge >= 0.3 is 0 Å². The van der Waals surface area contributed by atoms with Gasteiger partial charge in [0.05, 0.1) is 0 Å². The Balaban J connectivity index is 2.21. The molecule has 4 heteroatoms. The Morgan fingerprint density at radius 2 is 1.57 bits per heavy atom. The maximum Gasteiger partial charge on any atom is 0.247 e. The van der Waals surface area contributed by atoms with Crippen LogP contribution in [0.1, 0.15) is 78.6 Å². The van der Waals surface area contributed by atoms with Gasteiger partial charge in [0.1, 0.15) is 5.54 Å². The third-order valence-corrected chi connectivity index (χ3v) is 4.16. The van der Waals surface area contributed by atoms with Crippen LogP contribution in [0.3, 0.4) is 0 Å². The Hall–Kier alpha value is -1.06. The molecule has 0 radical (unpaired) electrons. The predicted molar refractivity (Wildman–Crippen MR) is 86.0 cm³/mol. The van der Waals surface area contributed by atoms with E-state index in [1.54, 1.807) is 13.8 Å². The number of nitrogens with zero attached hydrogens (tertiary/aromatic N) is 1. The lowest BCUT2D eigenvalue weighted by molar-refractivity contribution is -0.137. The third kappa shape index (κ3) is 6.49. The highest BCUT2D eigenvalue weighted by Gasteiger charge is 2.35. The lowest BCUT2D eigenvalue weighted by atomic mass is 10.0. The van der Waals surface area contributed by atoms with E-state index in [-0.39, 0.29) is 11.8 Å². The second-order valence-corrected chi connectivity index (χ2v) is 6.69. The standard InChI is InChI=1S/C17H32N2O2/c1-4-5-6-7-8-9-10-11-13-19-14-12-15(20)18-17(2,3)16(19)21/h4-14H2,1-3H3,(H,18,20). The summed E-state index contributed by atoms with van der Waals surface area (Å²) in [5, 5.41) is 2.80. The molecular weight excluding hydrogens is 264 g/mol. The number of nitrogens with one attached hydrogen (secondary N) is 1. The van der Waals surface area contributed by atoms with Crippen molar-refractivity contribution in [2.45, 2.75) is 84.1 Å². The molecule has 0 spiro atoms. The second-order valence-electron chi connectivity index (χ2n) is 6.69. The molecule has 0 bridgehead atoms. The summed E-state index contributed by atoms with van der Waals surface area (Å²) in [5.74, 6) is 0.0306. The average molecular weight is 296 g/mol. The number of carbonyl (C=O) groups excluding carboxylic acids is 2. The van der Waals surface area contributed by atoms with E-state index in [9.17, 15) is 9.59 Å². The minimum atomic E-state index is -0.756. The first-order chi connectivity index (χ1) is 9.97. The van der Waals surface area contributed by atoms with Crippen molar-refractivity contribution in [3.63, 3.8) is 0 Å². The molecule has 1 aliphatic heterocycles. The molecule has 1 fully saturated rings. The van der Waals surface area contributed by atoms with Crippen LogP contribution in [0.15, 0.2) is 0 Å². The fourth-order valence-corrected chi connectivity index (χ4v) is 2.85. The second kappa shape index (κ2) is 9.06. The topological polar surface area (TPSA) is 49.4 Å². The van der Waals surface area contributed by atoms with Gasteiger partial charge in [0.2, 0.25) is 11.8 Å². The van der Waals surface area contributed by atoms with E-state index in [4.69, 9.17) is 0 Å². The van der Waals surface area contributed by atoms with Crippen molar-refractivity contribution in [2.75, 3.05) is 13.1 Å². The normalized spacial score (nSPS) is 18.5. The zero-order valence-corrected chi connectivity index (χ0v) is 14.0. The Kier molecular flexibility index (Phi) is 7.76. The van der Waals surface area contributed by atoms with Crippen molar-refractivity contribution in [3.05, 3.63) is 0 Å². The molecule has 0 atom stereocenters. The average Bonchev–Trinajstić information content (AvgIpc) is 2.52. The fourth-order valence-electron chi connectivity index (χ4n) is 2.85. The Morgan fingerprint density at radius 1 is 1.00 bits per heavy atom. The van der Waals surface area contributed by atoms with Crippen LogP contribution in [0.5, 0.6) is 0 Å². The fraction of sp³-hybridized carbons (Fsp3) is 0.882. The summed E-state index contributed by atoms with van der Waals surface area (Å²) in [4.78, 5) is 25.8. The van der Waals surface area contributed by atoms with Crippen LogP contribution in [0, 0.1) is 0 Å². The summed E-state index contributed by atoms with van der Waals surface area (Å²) < 4.78 is 0. The maximum absolute atomic E-state index is 12.4. The van der Waals surface area contributed by atoms with Crippen molar-refractivity contribution in [2.24, 2.45) is 0 Å². The number of carbonyl (C=O) groups is 2. The highest BCUT2D eigenvalue weighted by Crippen LogP contribution is 2.15.